The lowest BCUT2D eigenvalue weighted by atomic mass is 10.2. The number of nitrogens with one attached hydrogen (secondary N) is 1. The van der Waals surface area contributed by atoms with Gasteiger partial charge in [-0.15, -0.1) is 0 Å². The van der Waals surface area contributed by atoms with Gasteiger partial charge in [0.15, 0.2) is 0 Å². The zero-order valence-electron chi connectivity index (χ0n) is 8.29. The lowest BCUT2D eigenvalue weighted by Crippen LogP contribution is -2.21. The van der Waals surface area contributed by atoms with Crippen LogP contribution in [0.15, 0.2) is 10.9 Å². The Labute approximate surface area is 88.7 Å². The fourth-order valence-electron chi connectivity index (χ4n) is 1.06. The average Bonchev–Trinajstić information content (AvgIpc) is 2.20. The number of ether oxygens (including phenoxy) is 1. The zero-order chi connectivity index (χ0) is 12.3. The van der Waals surface area contributed by atoms with Crippen LogP contribution in [0, 0.1) is 0 Å². The third-order valence-electron chi connectivity index (χ3n) is 1.76. The number of rotatable bonds is 3. The van der Waals surface area contributed by atoms with Gasteiger partial charge in [0.2, 0.25) is 0 Å². The molecule has 1 heterocycles. The standard InChI is InChI=1S/C9H9F2NO4/c1-2-16-9(15)4-3-5(13)6(7(10)11)12-8(4)14/h3,7,13H,2H2,1H3,(H,12,14). The number of H-pyrrole nitrogens is 1. The van der Waals surface area contributed by atoms with E-state index in [0.717, 1.165) is 0 Å². The molecule has 0 bridgehead atoms. The molecule has 0 fully saturated rings. The van der Waals surface area contributed by atoms with Crippen LogP contribution in [0.2, 0.25) is 0 Å². The number of aromatic nitrogens is 1. The van der Waals surface area contributed by atoms with Crippen LogP contribution in [0.5, 0.6) is 5.75 Å². The van der Waals surface area contributed by atoms with E-state index in [1.807, 2.05) is 0 Å². The molecule has 1 rings (SSSR count). The summed E-state index contributed by atoms with van der Waals surface area (Å²) in [6.45, 7) is 1.56. The Balaban J connectivity index is 3.21. The predicted octanol–water partition coefficient (Wildman–Crippen LogP) is 1.19. The lowest BCUT2D eigenvalue weighted by molar-refractivity contribution is 0.0522. The maximum absolute atomic E-state index is 12.2. The Hall–Kier alpha value is -1.92. The highest BCUT2D eigenvalue weighted by Gasteiger charge is 2.19. The number of hydrogen-bond acceptors (Lipinski definition) is 4. The monoisotopic (exact) mass is 233 g/mol. The Kier molecular flexibility index (Phi) is 3.60. The second kappa shape index (κ2) is 4.73. The summed E-state index contributed by atoms with van der Waals surface area (Å²) in [7, 11) is 0. The van der Waals surface area contributed by atoms with Gasteiger partial charge in [-0.25, -0.2) is 13.6 Å². The van der Waals surface area contributed by atoms with E-state index in [1.54, 1.807) is 4.98 Å². The highest BCUT2D eigenvalue weighted by atomic mass is 19.3. The molecule has 0 aliphatic carbocycles. The van der Waals surface area contributed by atoms with Gasteiger partial charge in [-0.2, -0.15) is 0 Å². The van der Waals surface area contributed by atoms with Gasteiger partial charge in [0, 0.05) is 6.07 Å². The normalized spacial score (nSPS) is 10.5. The maximum atomic E-state index is 12.2. The van der Waals surface area contributed by atoms with E-state index in [2.05, 4.69) is 4.74 Å². The number of esters is 1. The maximum Gasteiger partial charge on any atom is 0.343 e. The first-order chi connectivity index (χ1) is 7.47. The highest BCUT2D eigenvalue weighted by Crippen LogP contribution is 2.24. The van der Waals surface area contributed by atoms with Crippen molar-refractivity contribution in [1.29, 1.82) is 0 Å². The van der Waals surface area contributed by atoms with Gasteiger partial charge < -0.3 is 14.8 Å². The second-order valence-electron chi connectivity index (χ2n) is 2.83. The van der Waals surface area contributed by atoms with E-state index in [4.69, 9.17) is 5.11 Å². The van der Waals surface area contributed by atoms with Gasteiger partial charge in [0.05, 0.1) is 6.61 Å². The molecule has 0 aromatic carbocycles. The van der Waals surface area contributed by atoms with E-state index in [9.17, 15) is 18.4 Å². The van der Waals surface area contributed by atoms with Crippen LogP contribution in [0.25, 0.3) is 0 Å². The highest BCUT2D eigenvalue weighted by molar-refractivity contribution is 5.89. The zero-order valence-corrected chi connectivity index (χ0v) is 8.29. The first-order valence-corrected chi connectivity index (χ1v) is 4.38. The molecule has 7 heteroatoms. The molecular weight excluding hydrogens is 224 g/mol. The molecule has 2 N–H and O–H groups in total. The summed E-state index contributed by atoms with van der Waals surface area (Å²) in [6, 6.07) is 0.665. The van der Waals surface area contributed by atoms with Gasteiger partial charge in [0.1, 0.15) is 17.0 Å². The van der Waals surface area contributed by atoms with E-state index < -0.39 is 35.0 Å². The quantitative estimate of drug-likeness (QED) is 0.768. The Bertz CT molecular complexity index is 455. The minimum atomic E-state index is -3.02. The van der Waals surface area contributed by atoms with Crippen molar-refractivity contribution in [3.05, 3.63) is 27.7 Å². The van der Waals surface area contributed by atoms with Crippen LogP contribution in [0.1, 0.15) is 29.4 Å². The van der Waals surface area contributed by atoms with Crippen molar-refractivity contribution in [2.75, 3.05) is 6.61 Å². The van der Waals surface area contributed by atoms with Crippen LogP contribution < -0.4 is 5.56 Å². The predicted molar refractivity (Wildman–Crippen MR) is 49.6 cm³/mol. The first kappa shape index (κ1) is 12.2. The minimum Gasteiger partial charge on any atom is -0.506 e. The summed E-state index contributed by atoms with van der Waals surface area (Å²) < 4.78 is 29.0. The molecule has 0 radical (unpaired) electrons. The molecule has 0 aliphatic rings. The number of carbonyl (C=O) groups excluding carboxylic acids is 1. The van der Waals surface area contributed by atoms with E-state index in [1.165, 1.54) is 6.92 Å². The van der Waals surface area contributed by atoms with E-state index >= 15 is 0 Å². The molecule has 1 aromatic heterocycles. The van der Waals surface area contributed by atoms with Crippen molar-refractivity contribution in [3.8, 4) is 5.75 Å². The fraction of sp³-hybridized carbons (Fsp3) is 0.333. The van der Waals surface area contributed by atoms with Gasteiger partial charge in [-0.05, 0) is 6.92 Å². The van der Waals surface area contributed by atoms with Crippen LogP contribution in [-0.4, -0.2) is 22.7 Å². The smallest absolute Gasteiger partial charge is 0.343 e. The van der Waals surface area contributed by atoms with Gasteiger partial charge in [0.25, 0.3) is 12.0 Å². The molecule has 16 heavy (non-hydrogen) atoms. The number of hydrogen-bond donors (Lipinski definition) is 2. The third-order valence-corrected chi connectivity index (χ3v) is 1.76. The molecule has 0 amide bonds. The Morgan fingerprint density at radius 3 is 2.75 bits per heavy atom. The summed E-state index contributed by atoms with van der Waals surface area (Å²) in [4.78, 5) is 24.1. The fourth-order valence-corrected chi connectivity index (χ4v) is 1.06. The van der Waals surface area contributed by atoms with Crippen LogP contribution in [0.4, 0.5) is 8.78 Å². The van der Waals surface area contributed by atoms with Gasteiger partial charge in [-0.1, -0.05) is 0 Å². The average molecular weight is 233 g/mol. The van der Waals surface area contributed by atoms with Gasteiger partial charge >= 0.3 is 5.97 Å². The Morgan fingerprint density at radius 1 is 1.62 bits per heavy atom. The topological polar surface area (TPSA) is 79.4 Å². The van der Waals surface area contributed by atoms with Crippen molar-refractivity contribution in [2.24, 2.45) is 0 Å². The Morgan fingerprint density at radius 2 is 2.25 bits per heavy atom. The SMILES string of the molecule is CCOC(=O)c1cc(O)c(C(F)F)[nH]c1=O. The number of halogens is 2. The summed E-state index contributed by atoms with van der Waals surface area (Å²) in [5.74, 6) is -1.82. The van der Waals surface area contributed by atoms with E-state index in [0.29, 0.717) is 6.07 Å². The molecule has 0 aliphatic heterocycles. The molecule has 0 unspecified atom stereocenters. The molecule has 0 saturated heterocycles. The summed E-state index contributed by atoms with van der Waals surface area (Å²) >= 11 is 0. The number of pyridine rings is 1. The molecule has 88 valence electrons. The number of carbonyl (C=O) groups is 1. The lowest BCUT2D eigenvalue weighted by Gasteiger charge is -2.05. The largest absolute Gasteiger partial charge is 0.506 e. The molecule has 0 saturated carbocycles. The van der Waals surface area contributed by atoms with Crippen LogP contribution >= 0.6 is 0 Å². The van der Waals surface area contributed by atoms with E-state index in [-0.39, 0.29) is 6.61 Å². The van der Waals surface area contributed by atoms with Crippen LogP contribution in [0.3, 0.4) is 0 Å². The molecular formula is C9H9F2NO4. The third kappa shape index (κ3) is 2.36. The van der Waals surface area contributed by atoms with Crippen molar-refractivity contribution in [2.45, 2.75) is 13.3 Å². The van der Waals surface area contributed by atoms with Crippen molar-refractivity contribution < 1.29 is 23.4 Å². The van der Waals surface area contributed by atoms with Crippen molar-refractivity contribution in [3.63, 3.8) is 0 Å². The number of aromatic amines is 1. The molecule has 0 atom stereocenters. The van der Waals surface area contributed by atoms with Crippen molar-refractivity contribution >= 4 is 5.97 Å². The molecule has 1 aromatic rings. The summed E-state index contributed by atoms with van der Waals surface area (Å²) in [6.07, 6.45) is -3.02. The number of aromatic hydroxyl groups is 1. The van der Waals surface area contributed by atoms with Gasteiger partial charge in [-0.3, -0.25) is 4.79 Å². The van der Waals surface area contributed by atoms with Crippen molar-refractivity contribution in [1.82, 2.24) is 4.98 Å². The van der Waals surface area contributed by atoms with Crippen LogP contribution in [-0.2, 0) is 4.74 Å². The summed E-state index contributed by atoms with van der Waals surface area (Å²) in [5.41, 5.74) is -2.45. The molecule has 5 nitrogen and oxygen atoms in total. The summed E-state index contributed by atoms with van der Waals surface area (Å²) in [5, 5.41) is 9.15. The molecule has 0 spiro atoms. The first-order valence-electron chi connectivity index (χ1n) is 4.38. The second-order valence-corrected chi connectivity index (χ2v) is 2.83. The minimum absolute atomic E-state index is 0.0373. The number of alkyl halides is 2.